The van der Waals surface area contributed by atoms with Crippen molar-refractivity contribution < 1.29 is 8.42 Å². The maximum Gasteiger partial charge on any atom is 0.182 e. The number of hydrogen-bond donors (Lipinski definition) is 1. The van der Waals surface area contributed by atoms with Gasteiger partial charge in [-0.3, -0.25) is 10.2 Å². The lowest BCUT2D eigenvalue weighted by Crippen LogP contribution is -2.46. The molecule has 124 valence electrons. The molecule has 0 aromatic rings. The largest absolute Gasteiger partial charge is 0.287 e. The third-order valence-corrected chi connectivity index (χ3v) is 7.74. The molecule has 1 aliphatic heterocycles. The second-order valence-corrected chi connectivity index (χ2v) is 9.66. The zero-order valence-electron chi connectivity index (χ0n) is 13.8. The quantitative estimate of drug-likeness (QED) is 0.870. The smallest absolute Gasteiger partial charge is 0.182 e. The summed E-state index contributed by atoms with van der Waals surface area (Å²) in [7, 11) is -1.12. The van der Waals surface area contributed by atoms with E-state index in [1.54, 1.807) is 13.8 Å². The van der Waals surface area contributed by atoms with E-state index in [9.17, 15) is 8.42 Å². The van der Waals surface area contributed by atoms with E-state index in [2.05, 4.69) is 10.2 Å². The van der Waals surface area contributed by atoms with Crippen LogP contribution >= 0.6 is 0 Å². The first kappa shape index (κ1) is 17.2. The standard InChI is InChI=1S/C16H32N2O2S/c1-13(2)21(19,20)16-17-12-15(18(16)3)14-10-8-6-4-5-7-9-11-14/h13-17H,4-12H2,1-3H3. The van der Waals surface area contributed by atoms with Crippen LogP contribution in [0.15, 0.2) is 0 Å². The topological polar surface area (TPSA) is 49.4 Å². The molecule has 0 radical (unpaired) electrons. The number of likely N-dealkylation sites (N-methyl/N-ethyl adjacent to an activating group) is 1. The highest BCUT2D eigenvalue weighted by atomic mass is 32.2. The number of hydrogen-bond acceptors (Lipinski definition) is 4. The molecule has 1 aliphatic carbocycles. The lowest BCUT2D eigenvalue weighted by molar-refractivity contribution is 0.197. The summed E-state index contributed by atoms with van der Waals surface area (Å²) >= 11 is 0. The minimum Gasteiger partial charge on any atom is -0.287 e. The molecule has 1 saturated heterocycles. The molecule has 0 aromatic carbocycles. The van der Waals surface area contributed by atoms with Crippen LogP contribution in [0.4, 0.5) is 0 Å². The number of nitrogens with zero attached hydrogens (tertiary/aromatic N) is 1. The number of nitrogens with one attached hydrogen (secondary N) is 1. The van der Waals surface area contributed by atoms with Crippen molar-refractivity contribution in [3.8, 4) is 0 Å². The van der Waals surface area contributed by atoms with Crippen molar-refractivity contribution in [2.75, 3.05) is 13.6 Å². The van der Waals surface area contributed by atoms with Crippen LogP contribution in [0.3, 0.4) is 0 Å². The van der Waals surface area contributed by atoms with E-state index in [0.29, 0.717) is 12.0 Å². The van der Waals surface area contributed by atoms with Gasteiger partial charge in [-0.25, -0.2) is 8.42 Å². The third-order valence-electron chi connectivity index (χ3n) is 5.31. The molecule has 1 heterocycles. The Balaban J connectivity index is 2.04. The van der Waals surface area contributed by atoms with Crippen molar-refractivity contribution in [2.24, 2.45) is 5.92 Å². The Kier molecular flexibility index (Phi) is 6.09. The van der Waals surface area contributed by atoms with Crippen LogP contribution in [0.1, 0.15) is 65.2 Å². The van der Waals surface area contributed by atoms with Gasteiger partial charge in [-0.15, -0.1) is 0 Å². The van der Waals surface area contributed by atoms with E-state index in [4.69, 9.17) is 0 Å². The van der Waals surface area contributed by atoms with Crippen molar-refractivity contribution >= 4 is 9.84 Å². The molecule has 2 atom stereocenters. The lowest BCUT2D eigenvalue weighted by atomic mass is 9.89. The Labute approximate surface area is 130 Å². The zero-order valence-corrected chi connectivity index (χ0v) is 14.7. The SMILES string of the molecule is CC(C)S(=O)(=O)C1NCC(C2CCCCCCCC2)N1C. The predicted molar refractivity (Wildman–Crippen MR) is 87.8 cm³/mol. The molecule has 2 aliphatic rings. The summed E-state index contributed by atoms with van der Waals surface area (Å²) < 4.78 is 24.9. The minimum atomic E-state index is -3.11. The normalized spacial score (nSPS) is 31.0. The van der Waals surface area contributed by atoms with E-state index in [-0.39, 0.29) is 5.25 Å². The van der Waals surface area contributed by atoms with Gasteiger partial charge in [-0.1, -0.05) is 38.5 Å². The third kappa shape index (κ3) is 3.99. The Morgan fingerprint density at radius 3 is 2.05 bits per heavy atom. The summed E-state index contributed by atoms with van der Waals surface area (Å²) in [5, 5.41) is 2.94. The summed E-state index contributed by atoms with van der Waals surface area (Å²) in [6.07, 6.45) is 10.5. The van der Waals surface area contributed by atoms with Gasteiger partial charge < -0.3 is 0 Å². The molecular formula is C16H32N2O2S. The van der Waals surface area contributed by atoms with Crippen molar-refractivity contribution in [1.82, 2.24) is 10.2 Å². The lowest BCUT2D eigenvalue weighted by Gasteiger charge is -2.31. The van der Waals surface area contributed by atoms with Crippen molar-refractivity contribution in [2.45, 2.75) is 82.0 Å². The van der Waals surface area contributed by atoms with Crippen LogP contribution in [-0.4, -0.2) is 43.7 Å². The molecule has 0 bridgehead atoms. The maximum atomic E-state index is 12.4. The van der Waals surface area contributed by atoms with Crippen LogP contribution in [0.2, 0.25) is 0 Å². The van der Waals surface area contributed by atoms with Gasteiger partial charge in [0.2, 0.25) is 0 Å². The van der Waals surface area contributed by atoms with Crippen LogP contribution in [-0.2, 0) is 9.84 Å². The van der Waals surface area contributed by atoms with Crippen molar-refractivity contribution in [1.29, 1.82) is 0 Å². The summed E-state index contributed by atoms with van der Waals surface area (Å²) in [5.41, 5.74) is -0.491. The molecule has 1 N–H and O–H groups in total. The molecule has 2 rings (SSSR count). The monoisotopic (exact) mass is 316 g/mol. The summed E-state index contributed by atoms with van der Waals surface area (Å²) in [6, 6.07) is 0.377. The first-order chi connectivity index (χ1) is 9.94. The van der Waals surface area contributed by atoms with Gasteiger partial charge in [-0.2, -0.15) is 0 Å². The fraction of sp³-hybridized carbons (Fsp3) is 1.00. The van der Waals surface area contributed by atoms with Gasteiger partial charge >= 0.3 is 0 Å². The predicted octanol–water partition coefficient (Wildman–Crippen LogP) is 2.75. The Bertz CT molecular complexity index is 412. The van der Waals surface area contributed by atoms with Gasteiger partial charge in [0.1, 0.15) is 0 Å². The molecule has 0 spiro atoms. The highest BCUT2D eigenvalue weighted by Gasteiger charge is 2.42. The Morgan fingerprint density at radius 2 is 1.52 bits per heavy atom. The summed E-state index contributed by atoms with van der Waals surface area (Å²) in [4.78, 5) is 2.10. The minimum absolute atomic E-state index is 0.322. The average Bonchev–Trinajstić information content (AvgIpc) is 2.86. The average molecular weight is 317 g/mol. The van der Waals surface area contributed by atoms with Gasteiger partial charge in [-0.05, 0) is 39.7 Å². The molecular weight excluding hydrogens is 284 g/mol. The van der Waals surface area contributed by atoms with E-state index in [1.165, 1.54) is 51.4 Å². The summed E-state index contributed by atoms with van der Waals surface area (Å²) in [5.74, 6) is 0.646. The fourth-order valence-electron chi connectivity index (χ4n) is 3.84. The van der Waals surface area contributed by atoms with Crippen molar-refractivity contribution in [3.63, 3.8) is 0 Å². The Hall–Kier alpha value is -0.130. The molecule has 2 unspecified atom stereocenters. The van der Waals surface area contributed by atoms with Gasteiger partial charge in [0.25, 0.3) is 0 Å². The summed E-state index contributed by atoms with van der Waals surface area (Å²) in [6.45, 7) is 4.37. The van der Waals surface area contributed by atoms with Crippen LogP contribution < -0.4 is 5.32 Å². The van der Waals surface area contributed by atoms with Gasteiger partial charge in [0.15, 0.2) is 15.3 Å². The molecule has 0 aromatic heterocycles. The molecule has 0 amide bonds. The van der Waals surface area contributed by atoms with E-state index in [1.807, 2.05) is 7.05 Å². The second kappa shape index (κ2) is 7.42. The molecule has 5 heteroatoms. The van der Waals surface area contributed by atoms with E-state index in [0.717, 1.165) is 6.54 Å². The molecule has 4 nitrogen and oxygen atoms in total. The first-order valence-corrected chi connectivity index (χ1v) is 10.2. The number of sulfone groups is 1. The zero-order chi connectivity index (χ0) is 15.5. The van der Waals surface area contributed by atoms with Crippen molar-refractivity contribution in [3.05, 3.63) is 0 Å². The van der Waals surface area contributed by atoms with Crippen LogP contribution in [0.25, 0.3) is 0 Å². The first-order valence-electron chi connectivity index (χ1n) is 8.62. The number of rotatable bonds is 3. The molecule has 1 saturated carbocycles. The molecule has 2 fully saturated rings. The maximum absolute atomic E-state index is 12.4. The highest BCUT2D eigenvalue weighted by Crippen LogP contribution is 2.30. The van der Waals surface area contributed by atoms with Crippen LogP contribution in [0, 0.1) is 5.92 Å². The Morgan fingerprint density at radius 1 is 1.00 bits per heavy atom. The second-order valence-electron chi connectivity index (χ2n) is 7.09. The van der Waals surface area contributed by atoms with Gasteiger partial charge in [0, 0.05) is 12.6 Å². The molecule has 21 heavy (non-hydrogen) atoms. The fourth-order valence-corrected chi connectivity index (χ4v) is 5.30. The van der Waals surface area contributed by atoms with Gasteiger partial charge in [0.05, 0.1) is 5.25 Å². The highest BCUT2D eigenvalue weighted by molar-refractivity contribution is 7.92. The van der Waals surface area contributed by atoms with E-state index >= 15 is 0 Å². The van der Waals surface area contributed by atoms with E-state index < -0.39 is 15.3 Å². The van der Waals surface area contributed by atoms with Crippen LogP contribution in [0.5, 0.6) is 0 Å².